The third-order valence-electron chi connectivity index (χ3n) is 6.01. The molecule has 3 nitrogen and oxygen atoms in total. The molecule has 6 heteroatoms. The predicted molar refractivity (Wildman–Crippen MR) is 115 cm³/mol. The van der Waals surface area contributed by atoms with Crippen LogP contribution in [0.4, 0.5) is 13.2 Å². The van der Waals surface area contributed by atoms with Crippen LogP contribution in [0.1, 0.15) is 60.4 Å². The van der Waals surface area contributed by atoms with Gasteiger partial charge in [-0.2, -0.15) is 13.2 Å². The zero-order chi connectivity index (χ0) is 22.8. The Labute approximate surface area is 181 Å². The summed E-state index contributed by atoms with van der Waals surface area (Å²) in [5, 5.41) is 0. The molecule has 1 aliphatic heterocycles. The molecular weight excluding hydrogens is 417 g/mol. The van der Waals surface area contributed by atoms with Crippen molar-refractivity contribution in [3.05, 3.63) is 93.5 Å². The maximum absolute atomic E-state index is 13.3. The van der Waals surface area contributed by atoms with Crippen LogP contribution in [0.2, 0.25) is 0 Å². The highest BCUT2D eigenvalue weighted by Gasteiger charge is 2.46. The van der Waals surface area contributed by atoms with Crippen LogP contribution in [0.15, 0.2) is 53.0 Å². The van der Waals surface area contributed by atoms with Gasteiger partial charge in [0.15, 0.2) is 11.6 Å². The highest BCUT2D eigenvalue weighted by Crippen LogP contribution is 2.43. The summed E-state index contributed by atoms with van der Waals surface area (Å²) in [6.07, 6.45) is 2.46. The van der Waals surface area contributed by atoms with Crippen molar-refractivity contribution in [1.29, 1.82) is 0 Å². The molecule has 2 bridgehead atoms. The van der Waals surface area contributed by atoms with Crippen molar-refractivity contribution in [3.8, 4) is 11.1 Å². The Balaban J connectivity index is 1.55. The molecule has 32 heavy (non-hydrogen) atoms. The minimum absolute atomic E-state index is 0.288. The molecule has 3 aromatic rings. The number of allylic oxidation sites excluding steroid dienone is 2. The Kier molecular flexibility index (Phi) is 4.38. The second-order valence-electron chi connectivity index (χ2n) is 8.06. The number of alkyl halides is 3. The number of aryl methyl sites for hydroxylation is 2. The molecule has 0 radical (unpaired) electrons. The summed E-state index contributed by atoms with van der Waals surface area (Å²) in [6.45, 7) is 3.62. The molecule has 0 atom stereocenters. The first-order valence-electron chi connectivity index (χ1n) is 10.1. The van der Waals surface area contributed by atoms with Gasteiger partial charge < -0.3 is 4.42 Å². The SMILES string of the molecule is Cc1cc(-c2ccc(C(F)(F)F)cc2)cc(C)c1C1C(=O)c2c3oc(c2C1=O)C=CC=C3. The Hall–Kier alpha value is -3.67. The molecule has 160 valence electrons. The van der Waals surface area contributed by atoms with Gasteiger partial charge in [-0.25, -0.2) is 0 Å². The number of halogens is 3. The van der Waals surface area contributed by atoms with Crippen LogP contribution in [-0.4, -0.2) is 11.6 Å². The maximum Gasteiger partial charge on any atom is 0.416 e. The van der Waals surface area contributed by atoms with Crippen LogP contribution in [0.5, 0.6) is 0 Å². The van der Waals surface area contributed by atoms with Crippen molar-refractivity contribution in [1.82, 2.24) is 0 Å². The molecule has 0 amide bonds. The van der Waals surface area contributed by atoms with E-state index in [1.54, 1.807) is 36.4 Å². The highest BCUT2D eigenvalue weighted by atomic mass is 19.4. The molecule has 1 aliphatic carbocycles. The number of carbonyl (C=O) groups excluding carboxylic acids is 2. The minimum atomic E-state index is -4.40. The smallest absolute Gasteiger partial charge is 0.416 e. The van der Waals surface area contributed by atoms with Gasteiger partial charge in [-0.05, 0) is 65.9 Å². The predicted octanol–water partition coefficient (Wildman–Crippen LogP) is 6.79. The van der Waals surface area contributed by atoms with E-state index >= 15 is 0 Å². The van der Waals surface area contributed by atoms with Crippen LogP contribution in [-0.2, 0) is 6.18 Å². The van der Waals surface area contributed by atoms with Crippen LogP contribution >= 0.6 is 0 Å². The lowest BCUT2D eigenvalue weighted by Gasteiger charge is -2.17. The van der Waals surface area contributed by atoms with Crippen molar-refractivity contribution < 1.29 is 27.2 Å². The first-order valence-corrected chi connectivity index (χ1v) is 10.1. The van der Waals surface area contributed by atoms with Crippen molar-refractivity contribution >= 4 is 23.7 Å². The lowest BCUT2D eigenvalue weighted by Crippen LogP contribution is -2.16. The Morgan fingerprint density at radius 3 is 1.75 bits per heavy atom. The summed E-state index contributed by atoms with van der Waals surface area (Å²) in [4.78, 5) is 26.6. The van der Waals surface area contributed by atoms with E-state index in [0.717, 1.165) is 28.8 Å². The van der Waals surface area contributed by atoms with Gasteiger partial charge in [0, 0.05) is 0 Å². The van der Waals surface area contributed by atoms with Gasteiger partial charge in [-0.3, -0.25) is 9.59 Å². The van der Waals surface area contributed by atoms with Gasteiger partial charge in [0.25, 0.3) is 0 Å². The summed E-state index contributed by atoms with van der Waals surface area (Å²) < 4.78 is 44.3. The van der Waals surface area contributed by atoms with Gasteiger partial charge in [-0.15, -0.1) is 0 Å². The van der Waals surface area contributed by atoms with E-state index in [0.29, 0.717) is 33.8 Å². The van der Waals surface area contributed by atoms with Crippen LogP contribution in [0, 0.1) is 13.8 Å². The van der Waals surface area contributed by atoms with Crippen molar-refractivity contribution in [2.24, 2.45) is 0 Å². The summed E-state index contributed by atoms with van der Waals surface area (Å²) in [5.74, 6) is -0.752. The molecule has 5 rings (SSSR count). The Bertz CT molecular complexity index is 1280. The van der Waals surface area contributed by atoms with Gasteiger partial charge in [0.1, 0.15) is 17.4 Å². The van der Waals surface area contributed by atoms with Gasteiger partial charge >= 0.3 is 6.18 Å². The third-order valence-corrected chi connectivity index (χ3v) is 6.01. The Morgan fingerprint density at radius 1 is 0.781 bits per heavy atom. The monoisotopic (exact) mass is 434 g/mol. The molecule has 0 saturated carbocycles. The van der Waals surface area contributed by atoms with E-state index in [4.69, 9.17) is 4.42 Å². The molecule has 0 saturated heterocycles. The number of rotatable bonds is 2. The first-order chi connectivity index (χ1) is 15.2. The summed E-state index contributed by atoms with van der Waals surface area (Å²) >= 11 is 0. The van der Waals surface area contributed by atoms with Crippen molar-refractivity contribution in [2.45, 2.75) is 25.9 Å². The quantitative estimate of drug-likeness (QED) is 0.418. The molecule has 2 aromatic carbocycles. The van der Waals surface area contributed by atoms with E-state index in [-0.39, 0.29) is 11.6 Å². The number of hydrogen-bond acceptors (Lipinski definition) is 3. The lowest BCUT2D eigenvalue weighted by molar-refractivity contribution is -0.137. The van der Waals surface area contributed by atoms with Crippen molar-refractivity contribution in [2.75, 3.05) is 0 Å². The second kappa shape index (κ2) is 6.92. The van der Waals surface area contributed by atoms with Gasteiger partial charge in [0.05, 0.1) is 16.7 Å². The lowest BCUT2D eigenvalue weighted by atomic mass is 9.85. The number of Topliss-reactive ketones (excluding diaryl/α,β-unsaturated/α-hetero) is 2. The van der Waals surface area contributed by atoms with Crippen LogP contribution < -0.4 is 0 Å². The van der Waals surface area contributed by atoms with E-state index in [1.165, 1.54) is 12.1 Å². The zero-order valence-corrected chi connectivity index (χ0v) is 17.2. The number of hydrogen-bond donors (Lipinski definition) is 0. The normalized spacial score (nSPS) is 15.4. The van der Waals surface area contributed by atoms with Crippen molar-refractivity contribution in [3.63, 3.8) is 0 Å². The number of fused-ring (bicyclic) bond motifs is 5. The van der Waals surface area contributed by atoms with E-state index in [9.17, 15) is 22.8 Å². The van der Waals surface area contributed by atoms with E-state index in [2.05, 4.69) is 0 Å². The van der Waals surface area contributed by atoms with Gasteiger partial charge in [-0.1, -0.05) is 36.4 Å². The summed E-state index contributed by atoms with van der Waals surface area (Å²) in [6, 6.07) is 8.55. The average Bonchev–Trinajstić information content (AvgIpc) is 3.07. The van der Waals surface area contributed by atoms with Gasteiger partial charge in [0.2, 0.25) is 0 Å². The standard InChI is InChI=1S/C26H17F3O3/c1-13-11-16(15-7-9-17(10-8-15)26(27,28)29)12-14(2)20(13)23-24(30)21-18-5-3-4-6-19(32-18)22(21)25(23)31/h3-12,23H,1-2H3. The fourth-order valence-electron chi connectivity index (χ4n) is 4.60. The van der Waals surface area contributed by atoms with Crippen LogP contribution in [0.25, 0.3) is 23.3 Å². The fourth-order valence-corrected chi connectivity index (χ4v) is 4.60. The molecule has 0 N–H and O–H groups in total. The first kappa shape index (κ1) is 20.2. The number of ketones is 2. The molecule has 1 aromatic heterocycles. The molecule has 2 aliphatic rings. The number of benzene rings is 2. The largest absolute Gasteiger partial charge is 0.456 e. The number of carbonyl (C=O) groups is 2. The maximum atomic E-state index is 13.3. The average molecular weight is 434 g/mol. The summed E-state index contributed by atoms with van der Waals surface area (Å²) in [7, 11) is 0. The van der Waals surface area contributed by atoms with E-state index < -0.39 is 17.7 Å². The molecule has 2 heterocycles. The van der Waals surface area contributed by atoms with Crippen LogP contribution in [0.3, 0.4) is 0 Å². The Morgan fingerprint density at radius 2 is 1.28 bits per heavy atom. The topological polar surface area (TPSA) is 47.3 Å². The molecule has 0 unspecified atom stereocenters. The molecule has 0 fully saturated rings. The molecule has 0 spiro atoms. The second-order valence-corrected chi connectivity index (χ2v) is 8.06. The third kappa shape index (κ3) is 2.98. The molecular formula is C26H17F3O3. The van der Waals surface area contributed by atoms with E-state index in [1.807, 2.05) is 13.8 Å². The minimum Gasteiger partial charge on any atom is -0.456 e. The zero-order valence-electron chi connectivity index (χ0n) is 17.2. The number of furan rings is 1. The summed E-state index contributed by atoms with van der Waals surface area (Å²) in [5.41, 5.74) is 3.38. The highest BCUT2D eigenvalue weighted by molar-refractivity contribution is 6.32. The fraction of sp³-hybridized carbons (Fsp3) is 0.154.